The average molecular weight is 231 g/mol. The first-order valence-corrected chi connectivity index (χ1v) is 6.22. The quantitative estimate of drug-likeness (QED) is 0.643. The van der Waals surface area contributed by atoms with E-state index in [2.05, 4.69) is 12.2 Å². The third kappa shape index (κ3) is 4.37. The first-order valence-electron chi connectivity index (χ1n) is 6.22. The van der Waals surface area contributed by atoms with Crippen LogP contribution in [0.3, 0.4) is 0 Å². The van der Waals surface area contributed by atoms with E-state index in [0.717, 1.165) is 26.0 Å². The molecule has 0 amide bonds. The molecule has 96 valence electrons. The fraction of sp³-hybridized carbons (Fsp3) is 1.00. The Morgan fingerprint density at radius 1 is 1.38 bits per heavy atom. The molecule has 1 rings (SSSR count). The molecule has 0 spiro atoms. The highest BCUT2D eigenvalue weighted by Crippen LogP contribution is 2.19. The summed E-state index contributed by atoms with van der Waals surface area (Å²) in [4.78, 5) is 0. The van der Waals surface area contributed by atoms with E-state index >= 15 is 0 Å². The molecule has 16 heavy (non-hydrogen) atoms. The molecule has 1 fully saturated rings. The minimum Gasteiger partial charge on any atom is -0.378 e. The Balaban J connectivity index is 2.30. The number of hydrogen-bond acceptors (Lipinski definition) is 4. The van der Waals surface area contributed by atoms with Crippen LogP contribution in [0, 0.1) is 0 Å². The highest BCUT2D eigenvalue weighted by Gasteiger charge is 2.23. The second-order valence-corrected chi connectivity index (χ2v) is 4.22. The van der Waals surface area contributed by atoms with E-state index < -0.39 is 0 Å². The predicted molar refractivity (Wildman–Crippen MR) is 63.5 cm³/mol. The van der Waals surface area contributed by atoms with Crippen molar-refractivity contribution in [3.63, 3.8) is 0 Å². The zero-order valence-electron chi connectivity index (χ0n) is 10.7. The molecule has 1 saturated heterocycles. The van der Waals surface area contributed by atoms with E-state index in [4.69, 9.17) is 14.2 Å². The van der Waals surface area contributed by atoms with Crippen LogP contribution in [0.1, 0.15) is 32.6 Å². The van der Waals surface area contributed by atoms with Gasteiger partial charge in [0.15, 0.2) is 6.29 Å². The Hall–Kier alpha value is -0.160. The summed E-state index contributed by atoms with van der Waals surface area (Å²) in [5, 5.41) is 3.40. The Kier molecular flexibility index (Phi) is 6.96. The molecule has 1 N–H and O–H groups in total. The third-order valence-electron chi connectivity index (χ3n) is 3.08. The summed E-state index contributed by atoms with van der Waals surface area (Å²) in [6, 6.07) is 0.254. The van der Waals surface area contributed by atoms with Crippen molar-refractivity contribution in [1.82, 2.24) is 5.32 Å². The van der Waals surface area contributed by atoms with Crippen LogP contribution in [0.15, 0.2) is 0 Å². The highest BCUT2D eigenvalue weighted by molar-refractivity contribution is 4.74. The minimum absolute atomic E-state index is 0.165. The topological polar surface area (TPSA) is 39.7 Å². The monoisotopic (exact) mass is 231 g/mol. The summed E-state index contributed by atoms with van der Waals surface area (Å²) >= 11 is 0. The molecule has 0 aromatic carbocycles. The van der Waals surface area contributed by atoms with E-state index in [0.29, 0.717) is 6.10 Å². The largest absolute Gasteiger partial charge is 0.378 e. The lowest BCUT2D eigenvalue weighted by molar-refractivity contribution is -0.125. The Bertz CT molecular complexity index is 168. The molecule has 2 unspecified atom stereocenters. The Labute approximate surface area is 98.6 Å². The van der Waals surface area contributed by atoms with Crippen molar-refractivity contribution >= 4 is 0 Å². The maximum absolute atomic E-state index is 5.62. The average Bonchev–Trinajstić information content (AvgIpc) is 2.80. The number of rotatable bonds is 8. The van der Waals surface area contributed by atoms with E-state index in [1.807, 2.05) is 0 Å². The summed E-state index contributed by atoms with van der Waals surface area (Å²) in [5.74, 6) is 0. The summed E-state index contributed by atoms with van der Waals surface area (Å²) in [6.45, 7) is 3.95. The van der Waals surface area contributed by atoms with Gasteiger partial charge in [-0.15, -0.1) is 0 Å². The van der Waals surface area contributed by atoms with Crippen LogP contribution < -0.4 is 5.32 Å². The molecule has 0 radical (unpaired) electrons. The van der Waals surface area contributed by atoms with Gasteiger partial charge in [-0.3, -0.25) is 0 Å². The molecule has 1 heterocycles. The molecule has 4 nitrogen and oxygen atoms in total. The molecule has 1 aliphatic heterocycles. The first kappa shape index (κ1) is 13.9. The fourth-order valence-electron chi connectivity index (χ4n) is 2.26. The van der Waals surface area contributed by atoms with Crippen molar-refractivity contribution in [3.8, 4) is 0 Å². The maximum atomic E-state index is 5.62. The van der Waals surface area contributed by atoms with Crippen molar-refractivity contribution in [1.29, 1.82) is 0 Å². The normalized spacial score (nSPS) is 22.9. The van der Waals surface area contributed by atoms with Crippen LogP contribution in [0.2, 0.25) is 0 Å². The standard InChI is InChI=1S/C12H25NO3/c1-4-13-11(12(14-2)15-3)8-7-10-6-5-9-16-10/h10-13H,4-9H2,1-3H3. The van der Waals surface area contributed by atoms with Crippen LogP contribution in [0.5, 0.6) is 0 Å². The smallest absolute Gasteiger partial charge is 0.171 e. The van der Waals surface area contributed by atoms with Crippen LogP contribution in [-0.4, -0.2) is 45.8 Å². The summed E-state index contributed by atoms with van der Waals surface area (Å²) in [7, 11) is 3.37. The van der Waals surface area contributed by atoms with Crippen molar-refractivity contribution in [3.05, 3.63) is 0 Å². The molecular formula is C12H25NO3. The lowest BCUT2D eigenvalue weighted by Crippen LogP contribution is -2.42. The van der Waals surface area contributed by atoms with Crippen LogP contribution in [0.25, 0.3) is 0 Å². The van der Waals surface area contributed by atoms with Gasteiger partial charge in [-0.05, 0) is 32.2 Å². The van der Waals surface area contributed by atoms with Crippen molar-refractivity contribution in [2.45, 2.75) is 51.0 Å². The van der Waals surface area contributed by atoms with Crippen molar-refractivity contribution in [2.75, 3.05) is 27.4 Å². The van der Waals surface area contributed by atoms with E-state index in [1.54, 1.807) is 14.2 Å². The molecule has 0 bridgehead atoms. The van der Waals surface area contributed by atoms with Gasteiger partial charge in [0.25, 0.3) is 0 Å². The number of methoxy groups -OCH3 is 2. The van der Waals surface area contributed by atoms with E-state index in [1.165, 1.54) is 12.8 Å². The van der Waals surface area contributed by atoms with Gasteiger partial charge in [0.05, 0.1) is 12.1 Å². The summed E-state index contributed by atoms with van der Waals surface area (Å²) in [5.41, 5.74) is 0. The van der Waals surface area contributed by atoms with Gasteiger partial charge in [-0.1, -0.05) is 6.92 Å². The van der Waals surface area contributed by atoms with E-state index in [-0.39, 0.29) is 12.3 Å². The van der Waals surface area contributed by atoms with Gasteiger partial charge in [-0.25, -0.2) is 0 Å². The zero-order chi connectivity index (χ0) is 11.8. The molecule has 4 heteroatoms. The van der Waals surface area contributed by atoms with Crippen LogP contribution >= 0.6 is 0 Å². The number of likely N-dealkylation sites (N-methyl/N-ethyl adjacent to an activating group) is 1. The highest BCUT2D eigenvalue weighted by atomic mass is 16.7. The summed E-state index contributed by atoms with van der Waals surface area (Å²) < 4.78 is 16.2. The van der Waals surface area contributed by atoms with Crippen LogP contribution in [-0.2, 0) is 14.2 Å². The molecule has 0 saturated carbocycles. The lowest BCUT2D eigenvalue weighted by atomic mass is 10.1. The second-order valence-electron chi connectivity index (χ2n) is 4.22. The molecule has 0 aliphatic carbocycles. The Morgan fingerprint density at radius 2 is 2.12 bits per heavy atom. The van der Waals surface area contributed by atoms with Gasteiger partial charge in [-0.2, -0.15) is 0 Å². The predicted octanol–water partition coefficient (Wildman–Crippen LogP) is 1.54. The molecular weight excluding hydrogens is 206 g/mol. The number of nitrogens with one attached hydrogen (secondary N) is 1. The van der Waals surface area contributed by atoms with Gasteiger partial charge in [0, 0.05) is 20.8 Å². The minimum atomic E-state index is -0.165. The molecule has 0 aromatic rings. The van der Waals surface area contributed by atoms with Crippen molar-refractivity contribution < 1.29 is 14.2 Å². The Morgan fingerprint density at radius 3 is 2.62 bits per heavy atom. The van der Waals surface area contributed by atoms with Gasteiger partial charge in [0.1, 0.15) is 0 Å². The molecule has 2 atom stereocenters. The SMILES string of the molecule is CCNC(CCC1CCCO1)C(OC)OC. The van der Waals surface area contributed by atoms with Gasteiger partial charge < -0.3 is 19.5 Å². The first-order chi connectivity index (χ1) is 7.81. The third-order valence-corrected chi connectivity index (χ3v) is 3.08. The zero-order valence-corrected chi connectivity index (χ0v) is 10.7. The van der Waals surface area contributed by atoms with E-state index in [9.17, 15) is 0 Å². The lowest BCUT2D eigenvalue weighted by Gasteiger charge is -2.26. The summed E-state index contributed by atoms with van der Waals surface area (Å²) in [6.07, 6.45) is 4.79. The number of ether oxygens (including phenoxy) is 3. The number of hydrogen-bond donors (Lipinski definition) is 1. The molecule has 1 aliphatic rings. The van der Waals surface area contributed by atoms with Crippen molar-refractivity contribution in [2.24, 2.45) is 0 Å². The maximum Gasteiger partial charge on any atom is 0.171 e. The second kappa shape index (κ2) is 8.01. The molecule has 0 aromatic heterocycles. The van der Waals surface area contributed by atoms with Gasteiger partial charge >= 0.3 is 0 Å². The van der Waals surface area contributed by atoms with Crippen LogP contribution in [0.4, 0.5) is 0 Å². The fourth-order valence-corrected chi connectivity index (χ4v) is 2.26. The van der Waals surface area contributed by atoms with Gasteiger partial charge in [0.2, 0.25) is 0 Å².